The van der Waals surface area contributed by atoms with Gasteiger partial charge < -0.3 is 19.2 Å². The zero-order valence-corrected chi connectivity index (χ0v) is 16.3. The molecule has 3 heterocycles. The van der Waals surface area contributed by atoms with Gasteiger partial charge in [-0.1, -0.05) is 13.8 Å². The van der Waals surface area contributed by atoms with Gasteiger partial charge in [-0.25, -0.2) is 4.98 Å². The smallest absolute Gasteiger partial charge is 0.226 e. The number of carbonyl (C=O) groups is 2. The van der Waals surface area contributed by atoms with E-state index in [0.29, 0.717) is 32.0 Å². The van der Waals surface area contributed by atoms with Gasteiger partial charge in [0.15, 0.2) is 0 Å². The number of furan rings is 1. The summed E-state index contributed by atoms with van der Waals surface area (Å²) in [5.74, 6) is 2.18. The fourth-order valence-electron chi connectivity index (χ4n) is 3.35. The molecule has 1 unspecified atom stereocenters. The van der Waals surface area contributed by atoms with E-state index in [1.807, 2.05) is 24.1 Å². The number of hydrogen-bond donors (Lipinski definition) is 1. The van der Waals surface area contributed by atoms with Crippen molar-refractivity contribution in [3.05, 3.63) is 41.9 Å². The Balaban J connectivity index is 1.58. The highest BCUT2D eigenvalue weighted by Gasteiger charge is 2.29. The van der Waals surface area contributed by atoms with Gasteiger partial charge in [-0.15, -0.1) is 0 Å². The monoisotopic (exact) mass is 372 g/mol. The number of nitrogens with one attached hydrogen (secondary N) is 1. The van der Waals surface area contributed by atoms with Crippen LogP contribution in [0.1, 0.15) is 56.9 Å². The number of hydrogen-bond acceptors (Lipinski definition) is 4. The molecule has 7 heteroatoms. The first kappa shape index (κ1) is 19.2. The van der Waals surface area contributed by atoms with Gasteiger partial charge in [-0.3, -0.25) is 9.59 Å². The number of nitrogens with zero attached hydrogens (tertiary/aromatic N) is 3. The highest BCUT2D eigenvalue weighted by molar-refractivity contribution is 5.78. The second-order valence-electron chi connectivity index (χ2n) is 7.51. The van der Waals surface area contributed by atoms with Gasteiger partial charge in [-0.2, -0.15) is 0 Å². The maximum atomic E-state index is 12.5. The van der Waals surface area contributed by atoms with Crippen LogP contribution in [0.2, 0.25) is 0 Å². The predicted octanol–water partition coefficient (Wildman–Crippen LogP) is 2.67. The molecule has 2 aromatic heterocycles. The van der Waals surface area contributed by atoms with Crippen LogP contribution >= 0.6 is 0 Å². The lowest BCUT2D eigenvalue weighted by atomic mass is 10.1. The molecule has 1 aliphatic rings. The van der Waals surface area contributed by atoms with Crippen molar-refractivity contribution >= 4 is 11.8 Å². The van der Waals surface area contributed by atoms with Crippen LogP contribution in [0.25, 0.3) is 0 Å². The zero-order chi connectivity index (χ0) is 19.4. The van der Waals surface area contributed by atoms with E-state index in [4.69, 9.17) is 4.42 Å². The van der Waals surface area contributed by atoms with Crippen molar-refractivity contribution in [1.82, 2.24) is 19.8 Å². The van der Waals surface area contributed by atoms with Gasteiger partial charge in [-0.05, 0) is 31.4 Å². The largest absolute Gasteiger partial charge is 0.467 e. The molecule has 2 aromatic rings. The van der Waals surface area contributed by atoms with Gasteiger partial charge in [0.2, 0.25) is 11.8 Å². The lowest BCUT2D eigenvalue weighted by molar-refractivity contribution is -0.134. The first-order chi connectivity index (χ1) is 12.9. The average molecular weight is 372 g/mol. The zero-order valence-electron chi connectivity index (χ0n) is 16.3. The van der Waals surface area contributed by atoms with Crippen molar-refractivity contribution in [3.63, 3.8) is 0 Å². The van der Waals surface area contributed by atoms with Crippen LogP contribution in [0.15, 0.2) is 29.0 Å². The highest BCUT2D eigenvalue weighted by Crippen LogP contribution is 2.26. The van der Waals surface area contributed by atoms with Gasteiger partial charge >= 0.3 is 0 Å². The maximum absolute atomic E-state index is 12.5. The predicted molar refractivity (Wildman–Crippen MR) is 101 cm³/mol. The van der Waals surface area contributed by atoms with Gasteiger partial charge in [0, 0.05) is 25.7 Å². The molecule has 0 aliphatic carbocycles. The molecule has 7 nitrogen and oxygen atoms in total. The fraction of sp³-hybridized carbons (Fsp3) is 0.550. The van der Waals surface area contributed by atoms with Crippen molar-refractivity contribution in [3.8, 4) is 0 Å². The van der Waals surface area contributed by atoms with Crippen LogP contribution in [0.3, 0.4) is 0 Å². The summed E-state index contributed by atoms with van der Waals surface area (Å²) >= 11 is 0. The molecule has 146 valence electrons. The minimum absolute atomic E-state index is 0.0710. The molecule has 0 saturated carbocycles. The van der Waals surface area contributed by atoms with Crippen LogP contribution in [-0.2, 0) is 29.1 Å². The first-order valence-corrected chi connectivity index (χ1v) is 9.58. The summed E-state index contributed by atoms with van der Waals surface area (Å²) < 4.78 is 7.27. The van der Waals surface area contributed by atoms with E-state index in [9.17, 15) is 9.59 Å². The van der Waals surface area contributed by atoms with Gasteiger partial charge in [0.25, 0.3) is 0 Å². The molecule has 1 aliphatic heterocycles. The molecule has 2 amide bonds. The molecule has 0 bridgehead atoms. The van der Waals surface area contributed by atoms with E-state index < -0.39 is 0 Å². The van der Waals surface area contributed by atoms with Crippen molar-refractivity contribution in [2.75, 3.05) is 6.54 Å². The summed E-state index contributed by atoms with van der Waals surface area (Å²) in [4.78, 5) is 31.2. The number of amides is 2. The Hall–Kier alpha value is -2.57. The van der Waals surface area contributed by atoms with Crippen molar-refractivity contribution < 1.29 is 14.0 Å². The van der Waals surface area contributed by atoms with Crippen molar-refractivity contribution in [1.29, 1.82) is 0 Å². The van der Waals surface area contributed by atoms with E-state index in [2.05, 4.69) is 28.7 Å². The average Bonchev–Trinajstić information content (AvgIpc) is 3.28. The molecule has 0 spiro atoms. The number of aromatic nitrogens is 2. The highest BCUT2D eigenvalue weighted by atomic mass is 16.3. The van der Waals surface area contributed by atoms with Gasteiger partial charge in [0.05, 0.1) is 31.0 Å². The Morgan fingerprint density at radius 3 is 2.89 bits per heavy atom. The Kier molecular flexibility index (Phi) is 5.98. The van der Waals surface area contributed by atoms with E-state index in [1.165, 1.54) is 0 Å². The number of imidazole rings is 1. The lowest BCUT2D eigenvalue weighted by Gasteiger charge is -2.34. The topological polar surface area (TPSA) is 80.4 Å². The van der Waals surface area contributed by atoms with E-state index >= 15 is 0 Å². The van der Waals surface area contributed by atoms with Crippen molar-refractivity contribution in [2.24, 2.45) is 5.92 Å². The Morgan fingerprint density at radius 2 is 2.19 bits per heavy atom. The molecule has 0 saturated heterocycles. The minimum atomic E-state index is -0.0978. The third-order valence-corrected chi connectivity index (χ3v) is 4.92. The quantitative estimate of drug-likeness (QED) is 0.810. The second kappa shape index (κ2) is 8.41. The van der Waals surface area contributed by atoms with Gasteiger partial charge in [0.1, 0.15) is 11.6 Å². The molecule has 1 atom stereocenters. The fourth-order valence-corrected chi connectivity index (χ4v) is 3.35. The molecule has 3 rings (SSSR count). The Labute approximate surface area is 159 Å². The summed E-state index contributed by atoms with van der Waals surface area (Å²) in [5, 5.41) is 2.83. The molecule has 0 aromatic carbocycles. The van der Waals surface area contributed by atoms with Crippen molar-refractivity contribution in [2.45, 2.75) is 59.2 Å². The summed E-state index contributed by atoms with van der Waals surface area (Å²) in [6.45, 7) is 8.03. The molecular formula is C20H28N4O3. The number of fused-ring (bicyclic) bond motifs is 1. The number of rotatable bonds is 7. The summed E-state index contributed by atoms with van der Waals surface area (Å²) in [6.07, 6.45) is 5.20. The third-order valence-electron chi connectivity index (χ3n) is 4.92. The summed E-state index contributed by atoms with van der Waals surface area (Å²) in [6, 6.07) is 3.54. The minimum Gasteiger partial charge on any atom is -0.467 e. The summed E-state index contributed by atoms with van der Waals surface area (Å²) in [7, 11) is 0. The normalized spacial score (nSPS) is 16.4. The maximum Gasteiger partial charge on any atom is 0.226 e. The Morgan fingerprint density at radius 1 is 1.37 bits per heavy atom. The Bertz CT molecular complexity index is 779. The molecular weight excluding hydrogens is 344 g/mol. The molecule has 0 fully saturated rings. The first-order valence-electron chi connectivity index (χ1n) is 9.58. The van der Waals surface area contributed by atoms with Crippen LogP contribution in [-0.4, -0.2) is 32.8 Å². The van der Waals surface area contributed by atoms with E-state index in [0.717, 1.165) is 23.7 Å². The van der Waals surface area contributed by atoms with E-state index in [1.54, 1.807) is 12.3 Å². The lowest BCUT2D eigenvalue weighted by Crippen LogP contribution is -2.41. The van der Waals surface area contributed by atoms with Crippen LogP contribution in [0, 0.1) is 5.92 Å². The third kappa shape index (κ3) is 4.78. The SMILES string of the molecule is CC(C)CCC(=O)N1CCn2cc(CC(=O)NCc3ccco3)nc2C1C. The second-order valence-corrected chi connectivity index (χ2v) is 7.51. The number of carbonyl (C=O) groups excluding carboxylic acids is 2. The standard InChI is InChI=1S/C20H28N4O3/c1-14(2)6-7-19(26)24-9-8-23-13-16(22-20(23)15(24)3)11-18(25)21-12-17-5-4-10-27-17/h4-5,10,13-15H,6-9,11-12H2,1-3H3,(H,21,25). The molecule has 1 N–H and O–H groups in total. The molecule has 27 heavy (non-hydrogen) atoms. The van der Waals surface area contributed by atoms with E-state index in [-0.39, 0.29) is 24.3 Å². The van der Waals surface area contributed by atoms with Crippen LogP contribution in [0.5, 0.6) is 0 Å². The van der Waals surface area contributed by atoms with Crippen LogP contribution in [0.4, 0.5) is 0 Å². The molecule has 0 radical (unpaired) electrons. The van der Waals surface area contributed by atoms with Crippen LogP contribution < -0.4 is 5.32 Å². The summed E-state index contributed by atoms with van der Waals surface area (Å²) in [5.41, 5.74) is 0.727.